The Morgan fingerprint density at radius 1 is 1.33 bits per heavy atom. The minimum Gasteiger partial charge on any atom is -0.481 e. The van der Waals surface area contributed by atoms with Crippen molar-refractivity contribution in [2.24, 2.45) is 0 Å². The Kier molecular flexibility index (Phi) is 4.86. The van der Waals surface area contributed by atoms with E-state index in [2.05, 4.69) is 4.72 Å². The number of hydrogen-bond donors (Lipinski definition) is 2. The third kappa shape index (κ3) is 4.12. The summed E-state index contributed by atoms with van der Waals surface area (Å²) in [5.74, 6) is -1.02. The van der Waals surface area contributed by atoms with Gasteiger partial charge >= 0.3 is 5.97 Å². The minimum absolute atomic E-state index is 0.150. The van der Waals surface area contributed by atoms with Crippen LogP contribution in [0.4, 0.5) is 0 Å². The van der Waals surface area contributed by atoms with E-state index in [1.54, 1.807) is 19.1 Å². The highest BCUT2D eigenvalue weighted by atomic mass is 32.2. The lowest BCUT2D eigenvalue weighted by atomic mass is 10.2. The fourth-order valence-electron chi connectivity index (χ4n) is 1.49. The van der Waals surface area contributed by atoms with Crippen molar-refractivity contribution >= 4 is 16.0 Å². The molecule has 0 aliphatic carbocycles. The van der Waals surface area contributed by atoms with Gasteiger partial charge in [-0.1, -0.05) is 24.6 Å². The van der Waals surface area contributed by atoms with Crippen molar-refractivity contribution < 1.29 is 18.3 Å². The predicted octanol–water partition coefficient (Wildman–Crippen LogP) is 1.53. The molecule has 0 aromatic heterocycles. The van der Waals surface area contributed by atoms with Gasteiger partial charge in [0.15, 0.2) is 0 Å². The quantitative estimate of drug-likeness (QED) is 0.821. The van der Waals surface area contributed by atoms with Crippen molar-refractivity contribution in [2.45, 2.75) is 37.6 Å². The number of aliphatic carboxylic acids is 1. The number of benzene rings is 1. The molecule has 1 unspecified atom stereocenters. The fraction of sp³-hybridized carbons (Fsp3) is 0.417. The van der Waals surface area contributed by atoms with Crippen LogP contribution in [0.3, 0.4) is 0 Å². The molecule has 1 rings (SSSR count). The highest BCUT2D eigenvalue weighted by Gasteiger charge is 2.20. The van der Waals surface area contributed by atoms with Gasteiger partial charge in [-0.05, 0) is 25.5 Å². The molecule has 5 nitrogen and oxygen atoms in total. The van der Waals surface area contributed by atoms with E-state index in [0.717, 1.165) is 5.56 Å². The molecule has 0 saturated heterocycles. The molecule has 100 valence electrons. The zero-order valence-corrected chi connectivity index (χ0v) is 11.2. The largest absolute Gasteiger partial charge is 0.481 e. The first-order chi connectivity index (χ1) is 8.35. The third-order valence-electron chi connectivity index (χ3n) is 2.57. The molecule has 2 N–H and O–H groups in total. The first-order valence-electron chi connectivity index (χ1n) is 5.66. The molecule has 0 saturated carbocycles. The van der Waals surface area contributed by atoms with Crippen molar-refractivity contribution in [2.75, 3.05) is 0 Å². The minimum atomic E-state index is -3.65. The summed E-state index contributed by atoms with van der Waals surface area (Å²) in [5.41, 5.74) is 0.964. The van der Waals surface area contributed by atoms with E-state index in [9.17, 15) is 13.2 Å². The molecule has 6 heteroatoms. The normalized spacial score (nSPS) is 13.2. The molecule has 0 aliphatic heterocycles. The second-order valence-electron chi connectivity index (χ2n) is 4.14. The van der Waals surface area contributed by atoms with Crippen molar-refractivity contribution in [1.82, 2.24) is 4.72 Å². The number of carboxylic acid groups (broad SMARTS) is 1. The van der Waals surface area contributed by atoms with Crippen molar-refractivity contribution in [3.63, 3.8) is 0 Å². The number of hydrogen-bond acceptors (Lipinski definition) is 3. The van der Waals surface area contributed by atoms with Gasteiger partial charge in [-0.3, -0.25) is 4.79 Å². The zero-order valence-electron chi connectivity index (χ0n) is 10.4. The van der Waals surface area contributed by atoms with E-state index < -0.39 is 22.0 Å². The maximum Gasteiger partial charge on any atom is 0.304 e. The molecule has 1 atom stereocenters. The molecule has 0 bridgehead atoms. The van der Waals surface area contributed by atoms with Gasteiger partial charge < -0.3 is 5.11 Å². The summed E-state index contributed by atoms with van der Waals surface area (Å²) >= 11 is 0. The van der Waals surface area contributed by atoms with E-state index in [0.29, 0.717) is 6.42 Å². The van der Waals surface area contributed by atoms with Gasteiger partial charge in [-0.15, -0.1) is 0 Å². The smallest absolute Gasteiger partial charge is 0.304 e. The Morgan fingerprint density at radius 2 is 1.89 bits per heavy atom. The van der Waals surface area contributed by atoms with Crippen LogP contribution in [-0.2, 0) is 14.8 Å². The molecule has 1 aromatic carbocycles. The van der Waals surface area contributed by atoms with Crippen LogP contribution in [0.2, 0.25) is 0 Å². The number of carbonyl (C=O) groups is 1. The van der Waals surface area contributed by atoms with Crippen LogP contribution in [0.15, 0.2) is 29.2 Å². The van der Waals surface area contributed by atoms with E-state index in [1.807, 2.05) is 6.92 Å². The summed E-state index contributed by atoms with van der Waals surface area (Å²) in [7, 11) is -3.65. The highest BCUT2D eigenvalue weighted by Crippen LogP contribution is 2.12. The molecular weight excluding hydrogens is 254 g/mol. The van der Waals surface area contributed by atoms with Crippen molar-refractivity contribution in [3.8, 4) is 0 Å². The predicted molar refractivity (Wildman–Crippen MR) is 67.8 cm³/mol. The molecular formula is C12H17NO4S. The van der Waals surface area contributed by atoms with E-state index in [4.69, 9.17) is 5.11 Å². The van der Waals surface area contributed by atoms with Crippen LogP contribution in [0.1, 0.15) is 25.3 Å². The Hall–Kier alpha value is -1.40. The highest BCUT2D eigenvalue weighted by molar-refractivity contribution is 7.89. The number of rotatable bonds is 6. The summed E-state index contributed by atoms with van der Waals surface area (Å²) in [6.07, 6.45) is 0.207. The maximum atomic E-state index is 12.0. The lowest BCUT2D eigenvalue weighted by Gasteiger charge is -2.15. The Labute approximate surface area is 107 Å². The van der Waals surface area contributed by atoms with Crippen LogP contribution >= 0.6 is 0 Å². The van der Waals surface area contributed by atoms with Gasteiger partial charge in [-0.2, -0.15) is 0 Å². The fourth-order valence-corrected chi connectivity index (χ4v) is 2.80. The lowest BCUT2D eigenvalue weighted by molar-refractivity contribution is -0.137. The number of aryl methyl sites for hydroxylation is 1. The Morgan fingerprint density at radius 3 is 2.33 bits per heavy atom. The van der Waals surface area contributed by atoms with Gasteiger partial charge in [0.1, 0.15) is 0 Å². The summed E-state index contributed by atoms with van der Waals surface area (Å²) in [6, 6.07) is 5.82. The maximum absolute atomic E-state index is 12.0. The number of nitrogens with one attached hydrogen (secondary N) is 1. The van der Waals surface area contributed by atoms with Crippen LogP contribution in [0, 0.1) is 6.92 Å². The summed E-state index contributed by atoms with van der Waals surface area (Å²) in [6.45, 7) is 3.61. The second kappa shape index (κ2) is 5.97. The average molecular weight is 271 g/mol. The zero-order chi connectivity index (χ0) is 13.8. The van der Waals surface area contributed by atoms with E-state index in [1.165, 1.54) is 12.1 Å². The molecule has 1 aromatic rings. The average Bonchev–Trinajstić information content (AvgIpc) is 2.27. The first kappa shape index (κ1) is 14.7. The molecule has 0 amide bonds. The van der Waals surface area contributed by atoms with Crippen LogP contribution in [-0.4, -0.2) is 25.5 Å². The van der Waals surface area contributed by atoms with Crippen molar-refractivity contribution in [1.29, 1.82) is 0 Å². The van der Waals surface area contributed by atoms with Crippen LogP contribution < -0.4 is 4.72 Å². The van der Waals surface area contributed by atoms with E-state index in [-0.39, 0.29) is 11.3 Å². The standard InChI is InChI=1S/C12H17NO4S/c1-3-10(8-12(14)15)13-18(16,17)11-6-4-9(2)5-7-11/h4-7,10,13H,3,8H2,1-2H3,(H,14,15). The van der Waals surface area contributed by atoms with Gasteiger partial charge in [-0.25, -0.2) is 13.1 Å². The van der Waals surface area contributed by atoms with E-state index >= 15 is 0 Å². The first-order valence-corrected chi connectivity index (χ1v) is 7.14. The number of carboxylic acids is 1. The molecule has 0 radical (unpaired) electrons. The van der Waals surface area contributed by atoms with Crippen LogP contribution in [0.5, 0.6) is 0 Å². The van der Waals surface area contributed by atoms with Gasteiger partial charge in [0.2, 0.25) is 10.0 Å². The van der Waals surface area contributed by atoms with Gasteiger partial charge in [0.05, 0.1) is 11.3 Å². The third-order valence-corrected chi connectivity index (χ3v) is 4.10. The molecule has 0 spiro atoms. The SMILES string of the molecule is CCC(CC(=O)O)NS(=O)(=O)c1ccc(C)cc1. The molecule has 18 heavy (non-hydrogen) atoms. The Balaban J connectivity index is 2.86. The molecule has 0 heterocycles. The number of sulfonamides is 1. The molecule has 0 aliphatic rings. The summed E-state index contributed by atoms with van der Waals surface area (Å²) in [4.78, 5) is 10.8. The Bertz CT molecular complexity index is 507. The van der Waals surface area contributed by atoms with Gasteiger partial charge in [0, 0.05) is 6.04 Å². The monoisotopic (exact) mass is 271 g/mol. The van der Waals surface area contributed by atoms with Crippen LogP contribution in [0.25, 0.3) is 0 Å². The van der Waals surface area contributed by atoms with Crippen molar-refractivity contribution in [3.05, 3.63) is 29.8 Å². The summed E-state index contributed by atoms with van der Waals surface area (Å²) in [5, 5.41) is 8.68. The summed E-state index contributed by atoms with van der Waals surface area (Å²) < 4.78 is 26.4. The lowest BCUT2D eigenvalue weighted by Crippen LogP contribution is -2.35. The van der Waals surface area contributed by atoms with Gasteiger partial charge in [0.25, 0.3) is 0 Å². The molecule has 0 fully saturated rings. The topological polar surface area (TPSA) is 83.5 Å². The second-order valence-corrected chi connectivity index (χ2v) is 5.85.